The highest BCUT2D eigenvalue weighted by molar-refractivity contribution is 5.44. The van der Waals surface area contributed by atoms with E-state index in [9.17, 15) is 0 Å². The van der Waals surface area contributed by atoms with E-state index < -0.39 is 0 Å². The summed E-state index contributed by atoms with van der Waals surface area (Å²) in [4.78, 5) is 5.03. The van der Waals surface area contributed by atoms with Gasteiger partial charge in [-0.05, 0) is 77.3 Å². The molecule has 1 fully saturated rings. The van der Waals surface area contributed by atoms with Gasteiger partial charge >= 0.3 is 0 Å². The van der Waals surface area contributed by atoms with Crippen molar-refractivity contribution in [2.24, 2.45) is 0 Å². The number of hydrogen-bond acceptors (Lipinski definition) is 6. The van der Waals surface area contributed by atoms with Crippen molar-refractivity contribution in [2.45, 2.75) is 51.1 Å². The monoisotopic (exact) mass is 408 g/mol. The summed E-state index contributed by atoms with van der Waals surface area (Å²) in [5.74, 6) is 1.81. The third-order valence-electron chi connectivity index (χ3n) is 5.84. The lowest BCUT2D eigenvalue weighted by molar-refractivity contribution is 0.106. The minimum Gasteiger partial charge on any atom is -0.496 e. The summed E-state index contributed by atoms with van der Waals surface area (Å²) in [7, 11) is 5.70. The van der Waals surface area contributed by atoms with E-state index in [-0.39, 0.29) is 6.61 Å². The van der Waals surface area contributed by atoms with Crippen LogP contribution < -0.4 is 9.47 Å². The number of likely N-dealkylation sites (tertiary alicyclic amines) is 1. The van der Waals surface area contributed by atoms with Crippen LogP contribution >= 0.6 is 0 Å². The van der Waals surface area contributed by atoms with Gasteiger partial charge in [0.15, 0.2) is 0 Å². The fourth-order valence-corrected chi connectivity index (χ4v) is 3.99. The summed E-state index contributed by atoms with van der Waals surface area (Å²) in [6.45, 7) is 6.07. The summed E-state index contributed by atoms with van der Waals surface area (Å²) in [5, 5.41) is 8.75. The Kier molecular flexibility index (Phi) is 11.4. The molecule has 166 valence electrons. The van der Waals surface area contributed by atoms with Crippen LogP contribution in [0.2, 0.25) is 0 Å². The second kappa shape index (κ2) is 13.8. The van der Waals surface area contributed by atoms with Gasteiger partial charge in [-0.1, -0.05) is 6.07 Å². The van der Waals surface area contributed by atoms with Gasteiger partial charge in [0.1, 0.15) is 11.5 Å². The van der Waals surface area contributed by atoms with Crippen molar-refractivity contribution in [1.29, 1.82) is 0 Å². The van der Waals surface area contributed by atoms with E-state index >= 15 is 0 Å². The Morgan fingerprint density at radius 2 is 1.62 bits per heavy atom. The fraction of sp³-hybridized carbons (Fsp3) is 0.739. The number of nitrogens with zero attached hydrogens (tertiary/aromatic N) is 2. The highest BCUT2D eigenvalue weighted by Crippen LogP contribution is 2.30. The molecule has 0 unspecified atom stereocenters. The first-order chi connectivity index (χ1) is 14.2. The van der Waals surface area contributed by atoms with Crippen LogP contribution in [0.25, 0.3) is 0 Å². The third kappa shape index (κ3) is 8.13. The standard InChI is InChI=1S/C23H40N2O4/c1-24(13-4-6-17-29-18-7-5-16-26)20-11-14-25(15-12-20)19-21-22(27-2)9-8-10-23(21)28-3/h8-10,20,26H,4-7,11-19H2,1-3H3. The molecule has 1 aromatic rings. The molecular weight excluding hydrogens is 368 g/mol. The summed E-state index contributed by atoms with van der Waals surface area (Å²) in [6.07, 6.45) is 6.48. The second-order valence-electron chi connectivity index (χ2n) is 7.88. The van der Waals surface area contributed by atoms with E-state index in [4.69, 9.17) is 19.3 Å². The summed E-state index contributed by atoms with van der Waals surface area (Å²) < 4.78 is 16.7. The molecule has 1 aromatic carbocycles. The minimum absolute atomic E-state index is 0.263. The number of aliphatic hydroxyl groups excluding tert-OH is 1. The van der Waals surface area contributed by atoms with E-state index in [2.05, 4.69) is 16.8 Å². The van der Waals surface area contributed by atoms with Crippen molar-refractivity contribution in [2.75, 3.05) is 60.7 Å². The molecule has 0 radical (unpaired) electrons. The topological polar surface area (TPSA) is 54.4 Å². The number of methoxy groups -OCH3 is 2. The molecule has 0 bridgehead atoms. The van der Waals surface area contributed by atoms with Crippen molar-refractivity contribution in [3.8, 4) is 11.5 Å². The molecule has 1 heterocycles. The lowest BCUT2D eigenvalue weighted by Crippen LogP contribution is -2.43. The fourth-order valence-electron chi connectivity index (χ4n) is 3.99. The predicted octanol–water partition coefficient (Wildman–Crippen LogP) is 3.17. The highest BCUT2D eigenvalue weighted by Gasteiger charge is 2.23. The van der Waals surface area contributed by atoms with Crippen LogP contribution in [0.5, 0.6) is 11.5 Å². The van der Waals surface area contributed by atoms with E-state index in [0.29, 0.717) is 6.04 Å². The van der Waals surface area contributed by atoms with Crippen molar-refractivity contribution >= 4 is 0 Å². The maximum Gasteiger partial charge on any atom is 0.127 e. The largest absolute Gasteiger partial charge is 0.496 e. The number of aliphatic hydroxyl groups is 1. The molecule has 0 aromatic heterocycles. The van der Waals surface area contributed by atoms with E-state index in [1.54, 1.807) is 14.2 Å². The zero-order valence-corrected chi connectivity index (χ0v) is 18.6. The van der Waals surface area contributed by atoms with Gasteiger partial charge in [0.2, 0.25) is 0 Å². The van der Waals surface area contributed by atoms with Crippen LogP contribution in [0.1, 0.15) is 44.1 Å². The molecule has 6 nitrogen and oxygen atoms in total. The third-order valence-corrected chi connectivity index (χ3v) is 5.84. The highest BCUT2D eigenvalue weighted by atomic mass is 16.5. The van der Waals surface area contributed by atoms with Crippen LogP contribution in [0.4, 0.5) is 0 Å². The van der Waals surface area contributed by atoms with E-state index in [0.717, 1.165) is 75.7 Å². The maximum absolute atomic E-state index is 8.75. The van der Waals surface area contributed by atoms with Crippen molar-refractivity contribution in [3.63, 3.8) is 0 Å². The quantitative estimate of drug-likeness (QED) is 0.477. The molecule has 1 aliphatic rings. The van der Waals surface area contributed by atoms with Crippen molar-refractivity contribution in [1.82, 2.24) is 9.80 Å². The molecular formula is C23H40N2O4. The van der Waals surface area contributed by atoms with Gasteiger partial charge in [-0.25, -0.2) is 0 Å². The Labute approximate surface area is 176 Å². The summed E-state index contributed by atoms with van der Waals surface area (Å²) in [6, 6.07) is 6.66. The number of piperidine rings is 1. The molecule has 0 aliphatic carbocycles. The van der Waals surface area contributed by atoms with Gasteiger partial charge in [-0.2, -0.15) is 0 Å². The predicted molar refractivity (Wildman–Crippen MR) is 117 cm³/mol. The summed E-state index contributed by atoms with van der Waals surface area (Å²) in [5.41, 5.74) is 1.14. The molecule has 1 aliphatic heterocycles. The molecule has 2 rings (SSSR count). The molecule has 1 N–H and O–H groups in total. The zero-order valence-electron chi connectivity index (χ0n) is 18.6. The molecule has 0 atom stereocenters. The zero-order chi connectivity index (χ0) is 20.9. The number of unbranched alkanes of at least 4 members (excludes halogenated alkanes) is 2. The molecule has 29 heavy (non-hydrogen) atoms. The first-order valence-corrected chi connectivity index (χ1v) is 11.0. The molecule has 1 saturated heterocycles. The van der Waals surface area contributed by atoms with Crippen LogP contribution in [0, 0.1) is 0 Å². The number of hydrogen-bond donors (Lipinski definition) is 1. The summed E-state index contributed by atoms with van der Waals surface area (Å²) >= 11 is 0. The lowest BCUT2D eigenvalue weighted by Gasteiger charge is -2.37. The molecule has 6 heteroatoms. The van der Waals surface area contributed by atoms with Gasteiger partial charge < -0.3 is 24.2 Å². The first kappa shape index (κ1) is 23.9. The molecule has 0 amide bonds. The first-order valence-electron chi connectivity index (χ1n) is 11.0. The second-order valence-corrected chi connectivity index (χ2v) is 7.88. The van der Waals surface area contributed by atoms with E-state index in [1.807, 2.05) is 18.2 Å². The van der Waals surface area contributed by atoms with Crippen LogP contribution in [-0.4, -0.2) is 81.7 Å². The van der Waals surface area contributed by atoms with Gasteiger partial charge in [0.05, 0.1) is 19.8 Å². The lowest BCUT2D eigenvalue weighted by atomic mass is 10.0. The average molecular weight is 409 g/mol. The molecule has 0 saturated carbocycles. The van der Waals surface area contributed by atoms with Crippen molar-refractivity contribution in [3.05, 3.63) is 23.8 Å². The Morgan fingerprint density at radius 3 is 2.21 bits per heavy atom. The maximum atomic E-state index is 8.75. The number of rotatable bonds is 14. The normalized spacial score (nSPS) is 15.8. The Bertz CT molecular complexity index is 540. The minimum atomic E-state index is 0.263. The van der Waals surface area contributed by atoms with Gasteiger partial charge in [0, 0.05) is 32.4 Å². The molecule has 0 spiro atoms. The Hall–Kier alpha value is -1.34. The van der Waals surface area contributed by atoms with Gasteiger partial charge in [-0.15, -0.1) is 0 Å². The van der Waals surface area contributed by atoms with Crippen LogP contribution in [0.15, 0.2) is 18.2 Å². The SMILES string of the molecule is COc1cccc(OC)c1CN1CCC(N(C)CCCCOCCCCO)CC1. The van der Waals surface area contributed by atoms with Crippen LogP contribution in [0.3, 0.4) is 0 Å². The van der Waals surface area contributed by atoms with Gasteiger partial charge in [0.25, 0.3) is 0 Å². The van der Waals surface area contributed by atoms with E-state index in [1.165, 1.54) is 19.3 Å². The van der Waals surface area contributed by atoms with Crippen molar-refractivity contribution < 1.29 is 19.3 Å². The number of benzene rings is 1. The number of ether oxygens (including phenoxy) is 3. The Balaban J connectivity index is 1.66. The van der Waals surface area contributed by atoms with Gasteiger partial charge in [-0.3, -0.25) is 4.90 Å². The Morgan fingerprint density at radius 1 is 1.00 bits per heavy atom. The smallest absolute Gasteiger partial charge is 0.127 e. The van der Waals surface area contributed by atoms with Crippen LogP contribution in [-0.2, 0) is 11.3 Å². The average Bonchev–Trinajstić information content (AvgIpc) is 2.76.